The number of rotatable bonds is 15. The van der Waals surface area contributed by atoms with Gasteiger partial charge in [0.2, 0.25) is 0 Å². The Hall–Kier alpha value is -1.10. The molecule has 28 heavy (non-hydrogen) atoms. The molecule has 1 N–H and O–H groups in total. The lowest BCUT2D eigenvalue weighted by Crippen LogP contribution is -2.20. The van der Waals surface area contributed by atoms with Crippen molar-refractivity contribution in [3.05, 3.63) is 28.8 Å². The van der Waals surface area contributed by atoms with Gasteiger partial charge in [0.15, 0.2) is 0 Å². The molecule has 3 atom stereocenters. The first-order valence-electron chi connectivity index (χ1n) is 11.1. The van der Waals surface area contributed by atoms with Crippen LogP contribution < -0.4 is 0 Å². The van der Waals surface area contributed by atoms with Crippen LogP contribution in [0.1, 0.15) is 77.5 Å². The van der Waals surface area contributed by atoms with Gasteiger partial charge in [0, 0.05) is 26.2 Å². The predicted octanol–water partition coefficient (Wildman–Crippen LogP) is 5.47. The van der Waals surface area contributed by atoms with E-state index in [0.29, 0.717) is 12.2 Å². The third-order valence-electron chi connectivity index (χ3n) is 4.81. The van der Waals surface area contributed by atoms with E-state index < -0.39 is 0 Å². The summed E-state index contributed by atoms with van der Waals surface area (Å²) < 4.78 is 17.7. The van der Waals surface area contributed by atoms with Crippen molar-refractivity contribution < 1.29 is 19.3 Å². The molecule has 0 bridgehead atoms. The first-order chi connectivity index (χ1) is 13.4. The van der Waals surface area contributed by atoms with Crippen molar-refractivity contribution in [2.45, 2.75) is 98.4 Å². The second-order valence-electron chi connectivity index (χ2n) is 7.86. The standard InChI is InChI=1S/C24H42O4/c1-7-12-26-18(4)15-21-10-11-24(25)23(17-20(6)28-14-9-3)22(21)16-19(5)27-13-8-2/h10-11,18-20,25H,7-9,12-17H2,1-6H3. The van der Waals surface area contributed by atoms with Crippen molar-refractivity contribution in [2.24, 2.45) is 0 Å². The van der Waals surface area contributed by atoms with Crippen LogP contribution in [0.3, 0.4) is 0 Å². The van der Waals surface area contributed by atoms with Crippen LogP contribution in [0.15, 0.2) is 12.1 Å². The molecule has 0 aliphatic heterocycles. The lowest BCUT2D eigenvalue weighted by Gasteiger charge is -2.23. The molecule has 4 heteroatoms. The number of aromatic hydroxyl groups is 1. The molecule has 0 radical (unpaired) electrons. The number of benzene rings is 1. The van der Waals surface area contributed by atoms with Crippen LogP contribution >= 0.6 is 0 Å². The minimum Gasteiger partial charge on any atom is -0.508 e. The van der Waals surface area contributed by atoms with Gasteiger partial charge in [-0.25, -0.2) is 0 Å². The minimum absolute atomic E-state index is 0.0699. The summed E-state index contributed by atoms with van der Waals surface area (Å²) >= 11 is 0. The summed E-state index contributed by atoms with van der Waals surface area (Å²) in [6.45, 7) is 15.0. The van der Waals surface area contributed by atoms with E-state index in [-0.39, 0.29) is 18.3 Å². The van der Waals surface area contributed by atoms with Gasteiger partial charge in [0.25, 0.3) is 0 Å². The molecule has 0 saturated heterocycles. The fourth-order valence-electron chi connectivity index (χ4n) is 3.42. The number of hydrogen-bond donors (Lipinski definition) is 1. The summed E-state index contributed by atoms with van der Waals surface area (Å²) in [5.74, 6) is 0.357. The largest absolute Gasteiger partial charge is 0.508 e. The van der Waals surface area contributed by atoms with Gasteiger partial charge in [-0.15, -0.1) is 0 Å². The van der Waals surface area contributed by atoms with Gasteiger partial charge in [-0.3, -0.25) is 0 Å². The third kappa shape index (κ3) is 8.93. The average Bonchev–Trinajstić information content (AvgIpc) is 2.67. The van der Waals surface area contributed by atoms with Gasteiger partial charge in [-0.1, -0.05) is 26.8 Å². The summed E-state index contributed by atoms with van der Waals surface area (Å²) in [5.41, 5.74) is 3.43. The Morgan fingerprint density at radius 3 is 1.57 bits per heavy atom. The lowest BCUT2D eigenvalue weighted by atomic mass is 9.90. The Morgan fingerprint density at radius 2 is 1.11 bits per heavy atom. The maximum Gasteiger partial charge on any atom is 0.119 e. The highest BCUT2D eigenvalue weighted by Crippen LogP contribution is 2.29. The molecule has 0 spiro atoms. The fraction of sp³-hybridized carbons (Fsp3) is 0.750. The average molecular weight is 395 g/mol. The minimum atomic E-state index is 0.0699. The molecule has 1 aromatic carbocycles. The van der Waals surface area contributed by atoms with Crippen LogP contribution in [0.2, 0.25) is 0 Å². The van der Waals surface area contributed by atoms with E-state index in [1.807, 2.05) is 12.1 Å². The second-order valence-corrected chi connectivity index (χ2v) is 7.86. The van der Waals surface area contributed by atoms with E-state index in [1.54, 1.807) is 0 Å². The summed E-state index contributed by atoms with van der Waals surface area (Å²) in [5, 5.41) is 10.6. The van der Waals surface area contributed by atoms with Crippen molar-refractivity contribution in [3.8, 4) is 5.75 Å². The Morgan fingerprint density at radius 1 is 0.679 bits per heavy atom. The third-order valence-corrected chi connectivity index (χ3v) is 4.81. The van der Waals surface area contributed by atoms with E-state index in [9.17, 15) is 5.11 Å². The van der Waals surface area contributed by atoms with E-state index in [0.717, 1.165) is 57.5 Å². The molecule has 3 unspecified atom stereocenters. The molecule has 1 rings (SSSR count). The van der Waals surface area contributed by atoms with Crippen LogP contribution in [0, 0.1) is 0 Å². The predicted molar refractivity (Wildman–Crippen MR) is 116 cm³/mol. The van der Waals surface area contributed by atoms with Gasteiger partial charge in [0.05, 0.1) is 18.3 Å². The molecule has 0 saturated carbocycles. The number of phenols is 1. The van der Waals surface area contributed by atoms with Crippen molar-refractivity contribution in [1.82, 2.24) is 0 Å². The Bertz CT molecular complexity index is 544. The van der Waals surface area contributed by atoms with Crippen molar-refractivity contribution >= 4 is 0 Å². The highest BCUT2D eigenvalue weighted by Gasteiger charge is 2.19. The molecule has 0 heterocycles. The number of phenolic OH excluding ortho intramolecular Hbond substituents is 1. The highest BCUT2D eigenvalue weighted by atomic mass is 16.5. The van der Waals surface area contributed by atoms with Crippen LogP contribution in [-0.2, 0) is 33.5 Å². The summed E-state index contributed by atoms with van der Waals surface area (Å²) in [6.07, 6.45) is 5.69. The van der Waals surface area contributed by atoms with Crippen LogP contribution in [0.4, 0.5) is 0 Å². The molecule has 0 amide bonds. The van der Waals surface area contributed by atoms with Crippen LogP contribution in [0.25, 0.3) is 0 Å². The van der Waals surface area contributed by atoms with E-state index in [1.165, 1.54) is 11.1 Å². The van der Waals surface area contributed by atoms with E-state index >= 15 is 0 Å². The number of hydrogen-bond acceptors (Lipinski definition) is 4. The van der Waals surface area contributed by atoms with Crippen molar-refractivity contribution in [2.75, 3.05) is 19.8 Å². The molecule has 0 aliphatic carbocycles. The Kier molecular flexibility index (Phi) is 12.4. The highest BCUT2D eigenvalue weighted by molar-refractivity contribution is 5.45. The lowest BCUT2D eigenvalue weighted by molar-refractivity contribution is 0.0607. The normalized spacial score (nSPS) is 14.8. The van der Waals surface area contributed by atoms with Gasteiger partial charge in [0.1, 0.15) is 5.75 Å². The summed E-state index contributed by atoms with van der Waals surface area (Å²) in [6, 6.07) is 3.87. The molecule has 4 nitrogen and oxygen atoms in total. The SMILES string of the molecule is CCCOC(C)Cc1ccc(O)c(CC(C)OCCC)c1CC(C)OCCC. The topological polar surface area (TPSA) is 47.9 Å². The zero-order valence-electron chi connectivity index (χ0n) is 18.9. The van der Waals surface area contributed by atoms with Gasteiger partial charge in [-0.2, -0.15) is 0 Å². The quantitative estimate of drug-likeness (QED) is 0.429. The fourth-order valence-corrected chi connectivity index (χ4v) is 3.42. The van der Waals surface area contributed by atoms with Crippen molar-refractivity contribution in [1.29, 1.82) is 0 Å². The van der Waals surface area contributed by atoms with Gasteiger partial charge < -0.3 is 19.3 Å². The van der Waals surface area contributed by atoms with E-state index in [2.05, 4.69) is 41.5 Å². The smallest absolute Gasteiger partial charge is 0.119 e. The summed E-state index contributed by atoms with van der Waals surface area (Å²) in [4.78, 5) is 0. The zero-order valence-corrected chi connectivity index (χ0v) is 18.9. The van der Waals surface area contributed by atoms with Gasteiger partial charge >= 0.3 is 0 Å². The molecule has 162 valence electrons. The molecule has 1 aromatic rings. The Balaban J connectivity index is 3.09. The summed E-state index contributed by atoms with van der Waals surface area (Å²) in [7, 11) is 0. The monoisotopic (exact) mass is 394 g/mol. The maximum absolute atomic E-state index is 10.6. The van der Waals surface area contributed by atoms with Gasteiger partial charge in [-0.05, 0) is 75.6 Å². The molecular formula is C24H42O4. The Labute approximate surface area is 172 Å². The molecule has 0 aliphatic rings. The molecule has 0 fully saturated rings. The zero-order chi connectivity index (χ0) is 20.9. The first kappa shape index (κ1) is 24.9. The second kappa shape index (κ2) is 14.0. The number of ether oxygens (including phenoxy) is 3. The molecule has 0 aromatic heterocycles. The van der Waals surface area contributed by atoms with Crippen LogP contribution in [0.5, 0.6) is 5.75 Å². The van der Waals surface area contributed by atoms with E-state index in [4.69, 9.17) is 14.2 Å². The maximum atomic E-state index is 10.6. The molecular weight excluding hydrogens is 352 g/mol. The first-order valence-corrected chi connectivity index (χ1v) is 11.1. The van der Waals surface area contributed by atoms with Crippen LogP contribution in [-0.4, -0.2) is 43.2 Å². The van der Waals surface area contributed by atoms with Crippen molar-refractivity contribution in [3.63, 3.8) is 0 Å².